The molecule has 0 amide bonds. The Morgan fingerprint density at radius 1 is 1.47 bits per heavy atom. The number of halogens is 1. The largest absolute Gasteiger partial charge is 0.399 e. The van der Waals surface area contributed by atoms with Crippen LogP contribution in [0.15, 0.2) is 29.3 Å². The fourth-order valence-electron chi connectivity index (χ4n) is 1.44. The number of hydrogen-bond acceptors (Lipinski definition) is 5. The van der Waals surface area contributed by atoms with Gasteiger partial charge in [-0.15, -0.1) is 11.3 Å². The minimum absolute atomic E-state index is 0.0229. The summed E-state index contributed by atoms with van der Waals surface area (Å²) in [5.74, 6) is -0.836. The third-order valence-electron chi connectivity index (χ3n) is 2.33. The lowest BCUT2D eigenvalue weighted by molar-refractivity contribution is 0.557. The van der Waals surface area contributed by atoms with Crippen LogP contribution in [0.4, 0.5) is 10.1 Å². The van der Waals surface area contributed by atoms with Crippen molar-refractivity contribution in [3.05, 3.63) is 40.1 Å². The zero-order chi connectivity index (χ0) is 14.0. The minimum Gasteiger partial charge on any atom is -0.399 e. The van der Waals surface area contributed by atoms with Gasteiger partial charge in [-0.1, -0.05) is 0 Å². The van der Waals surface area contributed by atoms with Gasteiger partial charge in [0.2, 0.25) is 10.0 Å². The zero-order valence-electron chi connectivity index (χ0n) is 10.1. The number of hydrogen-bond donors (Lipinski definition) is 2. The van der Waals surface area contributed by atoms with E-state index in [-0.39, 0.29) is 12.2 Å². The van der Waals surface area contributed by atoms with Crippen molar-refractivity contribution in [3.63, 3.8) is 0 Å². The quantitative estimate of drug-likeness (QED) is 0.841. The molecule has 2 aromatic rings. The summed E-state index contributed by atoms with van der Waals surface area (Å²) in [6.45, 7) is 1.89. The van der Waals surface area contributed by atoms with Gasteiger partial charge in [0.15, 0.2) is 0 Å². The number of aryl methyl sites for hydroxylation is 1. The van der Waals surface area contributed by atoms with Gasteiger partial charge in [-0.2, -0.15) is 0 Å². The van der Waals surface area contributed by atoms with E-state index in [0.29, 0.717) is 5.01 Å². The molecule has 0 fully saturated rings. The highest BCUT2D eigenvalue weighted by molar-refractivity contribution is 7.89. The summed E-state index contributed by atoms with van der Waals surface area (Å²) in [4.78, 5) is 4.54. The van der Waals surface area contributed by atoms with Crippen molar-refractivity contribution < 1.29 is 12.8 Å². The normalized spacial score (nSPS) is 11.7. The van der Waals surface area contributed by atoms with E-state index in [4.69, 9.17) is 5.73 Å². The summed E-state index contributed by atoms with van der Waals surface area (Å²) < 4.78 is 39.7. The fourth-order valence-corrected chi connectivity index (χ4v) is 3.36. The van der Waals surface area contributed by atoms with Crippen LogP contribution in [0.1, 0.15) is 9.88 Å². The van der Waals surface area contributed by atoms with Crippen molar-refractivity contribution in [2.45, 2.75) is 18.4 Å². The van der Waals surface area contributed by atoms with Crippen LogP contribution < -0.4 is 10.5 Å². The van der Waals surface area contributed by atoms with E-state index >= 15 is 0 Å². The molecule has 0 aliphatic rings. The Kier molecular flexibility index (Phi) is 3.83. The Hall–Kier alpha value is -1.51. The minimum atomic E-state index is -3.94. The maximum absolute atomic E-state index is 13.5. The second kappa shape index (κ2) is 5.24. The van der Waals surface area contributed by atoms with E-state index in [1.165, 1.54) is 17.4 Å². The van der Waals surface area contributed by atoms with Gasteiger partial charge in [0, 0.05) is 16.8 Å². The standard InChI is InChI=1S/C11H12FN3O2S2/c1-7-5-14-11(18-7)6-15-19(16,17)10-4-8(13)2-3-9(10)12/h2-5,15H,6,13H2,1H3. The maximum Gasteiger partial charge on any atom is 0.243 e. The molecule has 0 saturated carbocycles. The SMILES string of the molecule is Cc1cnc(CNS(=O)(=O)c2cc(N)ccc2F)s1. The van der Waals surface area contributed by atoms with Gasteiger partial charge in [0.25, 0.3) is 0 Å². The molecule has 1 aromatic heterocycles. The van der Waals surface area contributed by atoms with Crippen molar-refractivity contribution in [2.75, 3.05) is 5.73 Å². The highest BCUT2D eigenvalue weighted by atomic mass is 32.2. The molecule has 5 nitrogen and oxygen atoms in total. The first-order valence-corrected chi connectivity index (χ1v) is 7.64. The molecule has 0 saturated heterocycles. The van der Waals surface area contributed by atoms with Crippen LogP contribution in [0, 0.1) is 12.7 Å². The van der Waals surface area contributed by atoms with Crippen LogP contribution in [-0.4, -0.2) is 13.4 Å². The summed E-state index contributed by atoms with van der Waals surface area (Å²) in [5.41, 5.74) is 5.65. The average Bonchev–Trinajstić information content (AvgIpc) is 2.76. The first-order chi connectivity index (χ1) is 8.88. The molecule has 0 radical (unpaired) electrons. The van der Waals surface area contributed by atoms with Crippen molar-refractivity contribution >= 4 is 27.0 Å². The van der Waals surface area contributed by atoms with E-state index in [1.54, 1.807) is 6.20 Å². The van der Waals surface area contributed by atoms with Gasteiger partial charge >= 0.3 is 0 Å². The number of rotatable bonds is 4. The molecule has 0 aliphatic heterocycles. The third-order valence-corrected chi connectivity index (χ3v) is 4.66. The first-order valence-electron chi connectivity index (χ1n) is 5.34. The lowest BCUT2D eigenvalue weighted by atomic mass is 10.3. The number of nitrogen functional groups attached to an aromatic ring is 1. The van der Waals surface area contributed by atoms with Crippen LogP contribution >= 0.6 is 11.3 Å². The second-order valence-electron chi connectivity index (χ2n) is 3.88. The highest BCUT2D eigenvalue weighted by Crippen LogP contribution is 2.18. The molecular weight excluding hydrogens is 289 g/mol. The highest BCUT2D eigenvalue weighted by Gasteiger charge is 2.19. The molecule has 2 rings (SSSR count). The maximum atomic E-state index is 13.5. The van der Waals surface area contributed by atoms with Gasteiger partial charge in [0.1, 0.15) is 15.7 Å². The summed E-state index contributed by atoms with van der Waals surface area (Å²) in [6.07, 6.45) is 1.65. The predicted molar refractivity (Wildman–Crippen MR) is 71.7 cm³/mol. The number of benzene rings is 1. The van der Waals surface area contributed by atoms with E-state index in [9.17, 15) is 12.8 Å². The van der Waals surface area contributed by atoms with Gasteiger partial charge in [-0.05, 0) is 25.1 Å². The van der Waals surface area contributed by atoms with Crippen LogP contribution in [0.3, 0.4) is 0 Å². The van der Waals surface area contributed by atoms with Crippen LogP contribution in [0.25, 0.3) is 0 Å². The summed E-state index contributed by atoms with van der Waals surface area (Å²) in [7, 11) is -3.94. The molecule has 0 spiro atoms. The number of aromatic nitrogens is 1. The topological polar surface area (TPSA) is 85.1 Å². The van der Waals surface area contributed by atoms with Crippen LogP contribution in [-0.2, 0) is 16.6 Å². The molecule has 3 N–H and O–H groups in total. The average molecular weight is 301 g/mol. The molecule has 1 heterocycles. The second-order valence-corrected chi connectivity index (χ2v) is 6.93. The number of nitrogens with one attached hydrogen (secondary N) is 1. The molecule has 1 aromatic carbocycles. The molecule has 0 atom stereocenters. The number of thiazole rings is 1. The Balaban J connectivity index is 2.20. The van der Waals surface area contributed by atoms with Gasteiger partial charge < -0.3 is 5.73 Å². The predicted octanol–water partition coefficient (Wildman–Crippen LogP) is 1.65. The lowest BCUT2D eigenvalue weighted by Crippen LogP contribution is -2.24. The van der Waals surface area contributed by atoms with Crippen LogP contribution in [0.2, 0.25) is 0 Å². The van der Waals surface area contributed by atoms with E-state index in [0.717, 1.165) is 17.0 Å². The number of sulfonamides is 1. The molecule has 0 aliphatic carbocycles. The number of nitrogens with zero attached hydrogens (tertiary/aromatic N) is 1. The Morgan fingerprint density at radius 2 is 2.21 bits per heavy atom. The lowest BCUT2D eigenvalue weighted by Gasteiger charge is -2.07. The molecule has 8 heteroatoms. The summed E-state index contributed by atoms with van der Waals surface area (Å²) in [6, 6.07) is 3.42. The third kappa shape index (κ3) is 3.28. The van der Waals surface area contributed by atoms with Gasteiger partial charge in [-0.25, -0.2) is 22.5 Å². The summed E-state index contributed by atoms with van der Waals surface area (Å²) in [5, 5.41) is 0.616. The molecular formula is C11H12FN3O2S2. The zero-order valence-corrected chi connectivity index (χ0v) is 11.7. The van der Waals surface area contributed by atoms with Gasteiger partial charge in [0.05, 0.1) is 6.54 Å². The van der Waals surface area contributed by atoms with Crippen LogP contribution in [0.5, 0.6) is 0 Å². The van der Waals surface area contributed by atoms with E-state index in [2.05, 4.69) is 9.71 Å². The molecule has 19 heavy (non-hydrogen) atoms. The van der Waals surface area contributed by atoms with Crippen molar-refractivity contribution in [3.8, 4) is 0 Å². The Morgan fingerprint density at radius 3 is 2.84 bits per heavy atom. The Bertz CT molecular complexity index is 698. The van der Waals surface area contributed by atoms with Crippen molar-refractivity contribution in [2.24, 2.45) is 0 Å². The summed E-state index contributed by atoms with van der Waals surface area (Å²) >= 11 is 1.37. The van der Waals surface area contributed by atoms with E-state index < -0.39 is 20.7 Å². The van der Waals surface area contributed by atoms with Crippen molar-refractivity contribution in [1.82, 2.24) is 9.71 Å². The molecule has 0 bridgehead atoms. The first kappa shape index (κ1) is 13.9. The van der Waals surface area contributed by atoms with Gasteiger partial charge in [-0.3, -0.25) is 0 Å². The number of anilines is 1. The smallest absolute Gasteiger partial charge is 0.243 e. The number of nitrogens with two attached hydrogens (primary N) is 1. The van der Waals surface area contributed by atoms with Crippen molar-refractivity contribution in [1.29, 1.82) is 0 Å². The Labute approximate surface area is 114 Å². The fraction of sp³-hybridized carbons (Fsp3) is 0.182. The van der Waals surface area contributed by atoms with E-state index in [1.807, 2.05) is 6.92 Å². The molecule has 0 unspecified atom stereocenters. The molecule has 102 valence electrons. The monoisotopic (exact) mass is 301 g/mol.